The molecule has 0 radical (unpaired) electrons. The minimum absolute atomic E-state index is 0.0237. The normalized spacial score (nSPS) is 13.9. The van der Waals surface area contributed by atoms with Crippen molar-refractivity contribution in [3.63, 3.8) is 0 Å². The fourth-order valence-electron chi connectivity index (χ4n) is 10.0. The van der Waals surface area contributed by atoms with Gasteiger partial charge < -0.3 is 9.32 Å². The van der Waals surface area contributed by atoms with E-state index in [1.54, 1.807) is 0 Å². The highest BCUT2D eigenvalue weighted by molar-refractivity contribution is 6.08. The molecule has 1 aliphatic rings. The summed E-state index contributed by atoms with van der Waals surface area (Å²) in [5.41, 5.74) is 16.6. The Morgan fingerprint density at radius 3 is 1.63 bits per heavy atom. The number of nitrogens with zero attached hydrogens (tertiary/aromatic N) is 1. The molecule has 0 saturated heterocycles. The van der Waals surface area contributed by atoms with Gasteiger partial charge in [0, 0.05) is 27.5 Å². The van der Waals surface area contributed by atoms with Crippen molar-refractivity contribution in [2.75, 3.05) is 4.90 Å². The largest absolute Gasteiger partial charge is 0.456 e. The van der Waals surface area contributed by atoms with Gasteiger partial charge in [0.05, 0.1) is 17.1 Å². The first-order valence-corrected chi connectivity index (χ1v) is 22.7. The second kappa shape index (κ2) is 15.8. The maximum Gasteiger partial charge on any atom is 0.135 e. The summed E-state index contributed by atoms with van der Waals surface area (Å²) in [5.74, 6) is 0.569. The Morgan fingerprint density at radius 2 is 0.968 bits per heavy atom. The first-order chi connectivity index (χ1) is 30.0. The quantitative estimate of drug-likeness (QED) is 0.159. The average molecular weight is 808 g/mol. The van der Waals surface area contributed by atoms with Gasteiger partial charge in [-0.2, -0.15) is 0 Å². The molecule has 0 amide bonds. The van der Waals surface area contributed by atoms with Gasteiger partial charge in [-0.1, -0.05) is 194 Å². The molecule has 0 aliphatic heterocycles. The molecule has 0 unspecified atom stereocenters. The van der Waals surface area contributed by atoms with Crippen LogP contribution in [0.3, 0.4) is 0 Å². The van der Waals surface area contributed by atoms with Gasteiger partial charge in [-0.15, -0.1) is 0 Å². The van der Waals surface area contributed by atoms with Gasteiger partial charge in [-0.05, 0) is 110 Å². The second-order valence-electron chi connectivity index (χ2n) is 19.6. The van der Waals surface area contributed by atoms with Crippen LogP contribution < -0.4 is 4.90 Å². The zero-order valence-corrected chi connectivity index (χ0v) is 37.1. The number of furan rings is 1. The first-order valence-electron chi connectivity index (χ1n) is 22.7. The fourth-order valence-corrected chi connectivity index (χ4v) is 10.0. The Balaban J connectivity index is 1.26. The summed E-state index contributed by atoms with van der Waals surface area (Å²) in [7, 11) is 0. The van der Waals surface area contributed by atoms with Crippen molar-refractivity contribution in [2.24, 2.45) is 0 Å². The molecule has 2 heteroatoms. The van der Waals surface area contributed by atoms with Crippen molar-refractivity contribution >= 4 is 49.8 Å². The topological polar surface area (TPSA) is 16.4 Å². The van der Waals surface area contributed by atoms with Crippen LogP contribution in [0, 0.1) is 0 Å². The Kier molecular flexibility index (Phi) is 10.1. The van der Waals surface area contributed by atoms with Crippen LogP contribution in [0.25, 0.3) is 66.1 Å². The van der Waals surface area contributed by atoms with Crippen LogP contribution in [0.1, 0.15) is 96.3 Å². The lowest BCUT2D eigenvalue weighted by Gasteiger charge is -2.33. The van der Waals surface area contributed by atoms with E-state index in [9.17, 15) is 0 Å². The van der Waals surface area contributed by atoms with Crippen molar-refractivity contribution in [1.82, 2.24) is 0 Å². The summed E-state index contributed by atoms with van der Waals surface area (Å²) in [5, 5.41) is 4.95. The average Bonchev–Trinajstić information content (AvgIpc) is 3.67. The summed E-state index contributed by atoms with van der Waals surface area (Å²) in [6.45, 7) is 14.0. The number of hydrogen-bond acceptors (Lipinski definition) is 2. The smallest absolute Gasteiger partial charge is 0.135 e. The minimum Gasteiger partial charge on any atom is -0.456 e. The molecule has 9 aromatic rings. The van der Waals surface area contributed by atoms with Gasteiger partial charge in [0.1, 0.15) is 11.2 Å². The van der Waals surface area contributed by atoms with E-state index in [-0.39, 0.29) is 10.8 Å². The molecule has 1 saturated carbocycles. The van der Waals surface area contributed by atoms with Gasteiger partial charge in [0.25, 0.3) is 0 Å². The highest BCUT2D eigenvalue weighted by Gasteiger charge is 2.27. The van der Waals surface area contributed by atoms with Crippen LogP contribution in [0.2, 0.25) is 0 Å². The molecule has 1 aliphatic carbocycles. The molecular formula is C60H57NO. The molecule has 1 heterocycles. The Morgan fingerprint density at radius 1 is 0.435 bits per heavy atom. The number of rotatable bonds is 7. The third-order valence-electron chi connectivity index (χ3n) is 13.4. The van der Waals surface area contributed by atoms with Crippen LogP contribution in [-0.2, 0) is 10.8 Å². The van der Waals surface area contributed by atoms with Gasteiger partial charge in [0.2, 0.25) is 0 Å². The van der Waals surface area contributed by atoms with Crippen molar-refractivity contribution < 1.29 is 4.42 Å². The number of benzene rings is 8. The van der Waals surface area contributed by atoms with E-state index >= 15 is 0 Å². The maximum atomic E-state index is 6.33. The number of anilines is 3. The molecule has 0 bridgehead atoms. The first kappa shape index (κ1) is 39.7. The van der Waals surface area contributed by atoms with E-state index in [1.807, 2.05) is 6.07 Å². The molecule has 10 rings (SSSR count). The monoisotopic (exact) mass is 807 g/mol. The van der Waals surface area contributed by atoms with Crippen molar-refractivity contribution in [3.05, 3.63) is 187 Å². The van der Waals surface area contributed by atoms with E-state index < -0.39 is 0 Å². The zero-order valence-electron chi connectivity index (χ0n) is 37.1. The highest BCUT2D eigenvalue weighted by Crippen LogP contribution is 2.50. The zero-order chi connectivity index (χ0) is 42.6. The molecule has 62 heavy (non-hydrogen) atoms. The van der Waals surface area contributed by atoms with Gasteiger partial charge >= 0.3 is 0 Å². The van der Waals surface area contributed by atoms with Crippen LogP contribution in [0.4, 0.5) is 17.1 Å². The minimum atomic E-state index is -0.0237. The third-order valence-corrected chi connectivity index (χ3v) is 13.4. The van der Waals surface area contributed by atoms with Crippen LogP contribution in [0.5, 0.6) is 0 Å². The number of hydrogen-bond donors (Lipinski definition) is 0. The van der Waals surface area contributed by atoms with Gasteiger partial charge in [-0.3, -0.25) is 0 Å². The Labute approximate surface area is 367 Å². The van der Waals surface area contributed by atoms with E-state index in [1.165, 1.54) is 81.8 Å². The van der Waals surface area contributed by atoms with E-state index in [4.69, 9.17) is 4.42 Å². The summed E-state index contributed by atoms with van der Waals surface area (Å²) < 4.78 is 6.33. The van der Waals surface area contributed by atoms with Crippen LogP contribution in [-0.4, -0.2) is 0 Å². The molecular weight excluding hydrogens is 751 g/mol. The summed E-state index contributed by atoms with van der Waals surface area (Å²) in [6.07, 6.45) is 6.44. The summed E-state index contributed by atoms with van der Waals surface area (Å²) in [6, 6.07) is 63.4. The molecule has 2 nitrogen and oxygen atoms in total. The lowest BCUT2D eigenvalue weighted by molar-refractivity contribution is 0.445. The molecule has 8 aromatic carbocycles. The SMILES string of the molecule is CC(C)(C)c1cc(-c2ccccc2N(c2ccccc2-c2ccc3oc4ccccc4c3c2)c2ccccc2-c2cccc3cccc(C4CCCCC4)c23)cc(C(C)(C)C)c1. The highest BCUT2D eigenvalue weighted by atomic mass is 16.3. The molecule has 308 valence electrons. The second-order valence-corrected chi connectivity index (χ2v) is 19.6. The predicted octanol–water partition coefficient (Wildman–Crippen LogP) is 17.9. The van der Waals surface area contributed by atoms with Crippen LogP contribution >= 0.6 is 0 Å². The van der Waals surface area contributed by atoms with E-state index in [0.717, 1.165) is 50.1 Å². The molecule has 1 fully saturated rings. The molecule has 0 atom stereocenters. The van der Waals surface area contributed by atoms with E-state index in [0.29, 0.717) is 5.92 Å². The Bertz CT molecular complexity index is 3050. The number of para-hydroxylation sites is 4. The molecule has 1 aromatic heterocycles. The van der Waals surface area contributed by atoms with Crippen molar-refractivity contribution in [3.8, 4) is 33.4 Å². The molecule has 0 N–H and O–H groups in total. The number of fused-ring (bicyclic) bond motifs is 4. The van der Waals surface area contributed by atoms with Crippen molar-refractivity contribution in [1.29, 1.82) is 0 Å². The summed E-state index contributed by atoms with van der Waals surface area (Å²) in [4.78, 5) is 2.56. The molecule has 0 spiro atoms. The summed E-state index contributed by atoms with van der Waals surface area (Å²) >= 11 is 0. The van der Waals surface area contributed by atoms with E-state index in [2.05, 4.69) is 210 Å². The maximum absolute atomic E-state index is 6.33. The van der Waals surface area contributed by atoms with Crippen molar-refractivity contribution in [2.45, 2.75) is 90.4 Å². The third kappa shape index (κ3) is 7.30. The van der Waals surface area contributed by atoms with Crippen LogP contribution in [0.15, 0.2) is 174 Å². The van der Waals surface area contributed by atoms with Gasteiger partial charge in [-0.25, -0.2) is 0 Å². The standard InChI is InChI=1S/C60H57NO/c1-59(2,3)44-36-43(37-45(39-44)60(4,5)6)47-25-11-15-31-54(47)61(53-30-14-10-24-46(53)42-34-35-57-52(38-42)50-27-13-17-33-56(50)62-57)55-32-16-12-26-49(55)51-29-19-23-41-22-18-28-48(58(41)51)40-20-8-7-9-21-40/h10-19,22-40H,7-9,20-21H2,1-6H3. The fraction of sp³-hybridized carbons (Fsp3) is 0.233. The predicted molar refractivity (Wildman–Crippen MR) is 265 cm³/mol. The lowest BCUT2D eigenvalue weighted by Crippen LogP contribution is -2.17. The Hall–Kier alpha value is -6.38. The lowest BCUT2D eigenvalue weighted by atomic mass is 9.78. The van der Waals surface area contributed by atoms with Gasteiger partial charge in [0.15, 0.2) is 0 Å².